The van der Waals surface area contributed by atoms with Gasteiger partial charge < -0.3 is 14.8 Å². The molecule has 17 heavy (non-hydrogen) atoms. The predicted molar refractivity (Wildman–Crippen MR) is 65.1 cm³/mol. The van der Waals surface area contributed by atoms with Gasteiger partial charge in [-0.2, -0.15) is 0 Å². The van der Waals surface area contributed by atoms with Gasteiger partial charge in [-0.25, -0.2) is 4.79 Å². The second-order valence-corrected chi connectivity index (χ2v) is 3.27. The summed E-state index contributed by atoms with van der Waals surface area (Å²) in [4.78, 5) is 11.3. The van der Waals surface area contributed by atoms with Gasteiger partial charge in [0.2, 0.25) is 0 Å². The Morgan fingerprint density at radius 2 is 1.88 bits per heavy atom. The summed E-state index contributed by atoms with van der Waals surface area (Å²) in [7, 11) is 3.06. The molecule has 0 bridgehead atoms. The molecular weight excluding hydrogens is 222 g/mol. The first-order valence-corrected chi connectivity index (χ1v) is 4.92. The highest BCUT2D eigenvalue weighted by molar-refractivity contribution is 6.01. The van der Waals surface area contributed by atoms with Crippen LogP contribution in [-0.2, 0) is 0 Å². The van der Waals surface area contributed by atoms with Gasteiger partial charge in [0.05, 0.1) is 20.1 Å². The number of amides is 2. The standard InChI is InChI=1S/C11H15N3O3/c1-7(12)13-11(15)14-8-4-5-9(16-2)10(6-8)17-3/h4-6H,1-3H3,(H3,12,13,14,15). The van der Waals surface area contributed by atoms with Crippen molar-refractivity contribution < 1.29 is 14.3 Å². The van der Waals surface area contributed by atoms with E-state index in [1.807, 2.05) is 0 Å². The van der Waals surface area contributed by atoms with Crippen LogP contribution in [0.15, 0.2) is 18.2 Å². The van der Waals surface area contributed by atoms with Crippen LogP contribution in [0.1, 0.15) is 6.92 Å². The third-order valence-electron chi connectivity index (χ3n) is 1.94. The molecule has 0 aliphatic rings. The maximum atomic E-state index is 11.3. The molecule has 3 N–H and O–H groups in total. The van der Waals surface area contributed by atoms with Crippen LogP contribution < -0.4 is 20.1 Å². The Bertz CT molecular complexity index is 432. The lowest BCUT2D eigenvalue weighted by molar-refractivity contribution is 0.256. The van der Waals surface area contributed by atoms with Crippen molar-refractivity contribution in [3.8, 4) is 11.5 Å². The van der Waals surface area contributed by atoms with Gasteiger partial charge in [0.1, 0.15) is 0 Å². The monoisotopic (exact) mass is 237 g/mol. The Balaban J connectivity index is 2.79. The fraction of sp³-hybridized carbons (Fsp3) is 0.273. The average Bonchev–Trinajstić information content (AvgIpc) is 2.27. The number of amidine groups is 1. The van der Waals surface area contributed by atoms with Gasteiger partial charge in [0, 0.05) is 11.8 Å². The lowest BCUT2D eigenvalue weighted by Gasteiger charge is -2.10. The molecule has 0 radical (unpaired) electrons. The Morgan fingerprint density at radius 3 is 2.41 bits per heavy atom. The molecule has 0 saturated heterocycles. The van der Waals surface area contributed by atoms with Crippen molar-refractivity contribution in [2.24, 2.45) is 0 Å². The quantitative estimate of drug-likeness (QED) is 0.554. The number of hydrogen-bond donors (Lipinski definition) is 3. The number of carbonyl (C=O) groups is 1. The number of methoxy groups -OCH3 is 2. The summed E-state index contributed by atoms with van der Waals surface area (Å²) in [5.41, 5.74) is 0.557. The van der Waals surface area contributed by atoms with E-state index < -0.39 is 6.03 Å². The molecular formula is C11H15N3O3. The van der Waals surface area contributed by atoms with Gasteiger partial charge in [-0.15, -0.1) is 0 Å². The van der Waals surface area contributed by atoms with Crippen LogP contribution in [0.2, 0.25) is 0 Å². The van der Waals surface area contributed by atoms with Crippen LogP contribution in [0.3, 0.4) is 0 Å². The van der Waals surface area contributed by atoms with Crippen molar-refractivity contribution in [3.63, 3.8) is 0 Å². The number of carbonyl (C=O) groups excluding carboxylic acids is 1. The van der Waals surface area contributed by atoms with E-state index in [1.165, 1.54) is 21.1 Å². The molecule has 6 heteroatoms. The second-order valence-electron chi connectivity index (χ2n) is 3.27. The fourth-order valence-corrected chi connectivity index (χ4v) is 1.25. The van der Waals surface area contributed by atoms with E-state index >= 15 is 0 Å². The molecule has 0 aliphatic heterocycles. The normalized spacial score (nSPS) is 9.35. The summed E-state index contributed by atoms with van der Waals surface area (Å²) < 4.78 is 10.2. The summed E-state index contributed by atoms with van der Waals surface area (Å²) in [6.45, 7) is 1.48. The van der Waals surface area contributed by atoms with E-state index in [0.717, 1.165) is 0 Å². The highest BCUT2D eigenvalue weighted by atomic mass is 16.5. The summed E-state index contributed by atoms with van der Waals surface area (Å²) in [6.07, 6.45) is 0. The van der Waals surface area contributed by atoms with Gasteiger partial charge >= 0.3 is 6.03 Å². The first-order valence-electron chi connectivity index (χ1n) is 4.92. The van der Waals surface area contributed by atoms with Crippen LogP contribution in [0, 0.1) is 5.41 Å². The molecule has 2 amide bonds. The molecule has 6 nitrogen and oxygen atoms in total. The molecule has 0 aliphatic carbocycles. The molecule has 0 spiro atoms. The fourth-order valence-electron chi connectivity index (χ4n) is 1.25. The molecule has 0 fully saturated rings. The number of hydrogen-bond acceptors (Lipinski definition) is 4. The van der Waals surface area contributed by atoms with Crippen LogP contribution in [0.4, 0.5) is 10.5 Å². The van der Waals surface area contributed by atoms with E-state index in [-0.39, 0.29) is 5.84 Å². The van der Waals surface area contributed by atoms with E-state index in [9.17, 15) is 4.79 Å². The SMILES string of the molecule is COc1ccc(NC(=O)NC(C)=N)cc1OC. The molecule has 0 aromatic heterocycles. The molecule has 0 atom stereocenters. The summed E-state index contributed by atoms with van der Waals surface area (Å²) in [6, 6.07) is 4.54. The highest BCUT2D eigenvalue weighted by Gasteiger charge is 2.07. The minimum absolute atomic E-state index is 0.0722. The molecule has 92 valence electrons. The lowest BCUT2D eigenvalue weighted by Crippen LogP contribution is -2.31. The van der Waals surface area contributed by atoms with Crippen molar-refractivity contribution >= 4 is 17.6 Å². The zero-order valence-electron chi connectivity index (χ0n) is 9.96. The largest absolute Gasteiger partial charge is 0.493 e. The zero-order valence-corrected chi connectivity index (χ0v) is 9.96. The smallest absolute Gasteiger partial charge is 0.324 e. The molecule has 0 unspecified atom stereocenters. The maximum absolute atomic E-state index is 11.3. The van der Waals surface area contributed by atoms with Crippen LogP contribution in [-0.4, -0.2) is 26.1 Å². The number of anilines is 1. The van der Waals surface area contributed by atoms with Gasteiger partial charge in [0.25, 0.3) is 0 Å². The molecule has 1 aromatic rings. The molecule has 0 heterocycles. The van der Waals surface area contributed by atoms with Crippen molar-refractivity contribution in [1.82, 2.24) is 5.32 Å². The van der Waals surface area contributed by atoms with Crippen molar-refractivity contribution in [3.05, 3.63) is 18.2 Å². The number of urea groups is 1. The minimum atomic E-state index is -0.468. The second kappa shape index (κ2) is 5.74. The van der Waals surface area contributed by atoms with Crippen LogP contribution >= 0.6 is 0 Å². The molecule has 1 rings (SSSR count). The Labute approximate surface area is 99.4 Å². The zero-order chi connectivity index (χ0) is 12.8. The topological polar surface area (TPSA) is 83.4 Å². The van der Waals surface area contributed by atoms with Gasteiger partial charge in [-0.05, 0) is 19.1 Å². The van der Waals surface area contributed by atoms with Crippen LogP contribution in [0.25, 0.3) is 0 Å². The first-order chi connectivity index (χ1) is 8.06. The van der Waals surface area contributed by atoms with Crippen molar-refractivity contribution in [2.45, 2.75) is 6.92 Å². The van der Waals surface area contributed by atoms with Crippen molar-refractivity contribution in [2.75, 3.05) is 19.5 Å². The Kier molecular flexibility index (Phi) is 4.33. The summed E-state index contributed by atoms with van der Waals surface area (Å²) in [5, 5.41) is 12.0. The van der Waals surface area contributed by atoms with E-state index in [1.54, 1.807) is 18.2 Å². The van der Waals surface area contributed by atoms with E-state index in [2.05, 4.69) is 10.6 Å². The van der Waals surface area contributed by atoms with Gasteiger partial charge in [-0.3, -0.25) is 10.7 Å². The molecule has 1 aromatic carbocycles. The van der Waals surface area contributed by atoms with Crippen LogP contribution in [0.5, 0.6) is 11.5 Å². The highest BCUT2D eigenvalue weighted by Crippen LogP contribution is 2.29. The third kappa shape index (κ3) is 3.67. The van der Waals surface area contributed by atoms with Gasteiger partial charge in [-0.1, -0.05) is 0 Å². The lowest BCUT2D eigenvalue weighted by atomic mass is 10.3. The summed E-state index contributed by atoms with van der Waals surface area (Å²) >= 11 is 0. The van der Waals surface area contributed by atoms with E-state index in [4.69, 9.17) is 14.9 Å². The minimum Gasteiger partial charge on any atom is -0.493 e. The summed E-state index contributed by atoms with van der Waals surface area (Å²) in [5.74, 6) is 1.18. The first kappa shape index (κ1) is 12.8. The Morgan fingerprint density at radius 1 is 1.24 bits per heavy atom. The number of nitrogens with one attached hydrogen (secondary N) is 3. The number of benzene rings is 1. The third-order valence-corrected chi connectivity index (χ3v) is 1.94. The van der Waals surface area contributed by atoms with E-state index in [0.29, 0.717) is 17.2 Å². The Hall–Kier alpha value is -2.24. The maximum Gasteiger partial charge on any atom is 0.324 e. The molecule has 0 saturated carbocycles. The van der Waals surface area contributed by atoms with Gasteiger partial charge in [0.15, 0.2) is 11.5 Å². The number of ether oxygens (including phenoxy) is 2. The average molecular weight is 237 g/mol. The number of rotatable bonds is 3. The predicted octanol–water partition coefficient (Wildman–Crippen LogP) is 1.82. The van der Waals surface area contributed by atoms with Crippen molar-refractivity contribution in [1.29, 1.82) is 5.41 Å².